The Morgan fingerprint density at radius 3 is 2.54 bits per heavy atom. The lowest BCUT2D eigenvalue weighted by molar-refractivity contribution is 0.651. The number of nitrogens with zero attached hydrogens (tertiary/aromatic N) is 2. The van der Waals surface area contributed by atoms with Gasteiger partial charge in [0.2, 0.25) is 0 Å². The van der Waals surface area contributed by atoms with E-state index in [1.54, 1.807) is 6.34 Å². The van der Waals surface area contributed by atoms with Crippen molar-refractivity contribution in [2.24, 2.45) is 15.9 Å². The van der Waals surface area contributed by atoms with Crippen LogP contribution in [0.2, 0.25) is 0 Å². The van der Waals surface area contributed by atoms with Crippen LogP contribution in [0.25, 0.3) is 21.5 Å². The van der Waals surface area contributed by atoms with Gasteiger partial charge >= 0.3 is 0 Å². The first kappa shape index (κ1) is 15.1. The van der Waals surface area contributed by atoms with Gasteiger partial charge in [-0.3, -0.25) is 0 Å². The number of aliphatic imine (C=N–C) groups is 2. The van der Waals surface area contributed by atoms with Gasteiger partial charge in [0.05, 0.1) is 0 Å². The summed E-state index contributed by atoms with van der Waals surface area (Å²) in [5.41, 5.74) is 1.19. The van der Waals surface area contributed by atoms with E-state index in [1.165, 1.54) is 27.1 Å². The van der Waals surface area contributed by atoms with Crippen LogP contribution in [-0.4, -0.2) is 12.2 Å². The van der Waals surface area contributed by atoms with Crippen LogP contribution in [0.4, 0.5) is 0 Å². The number of fused-ring (bicyclic) bond motifs is 3. The molecule has 2 aliphatic rings. The van der Waals surface area contributed by atoms with Gasteiger partial charge in [-0.15, -0.1) is 0 Å². The van der Waals surface area contributed by atoms with Gasteiger partial charge in [-0.05, 0) is 34.0 Å². The predicted molar refractivity (Wildman–Crippen MR) is 110 cm³/mol. The highest BCUT2D eigenvalue weighted by Gasteiger charge is 2.22. The molecule has 1 aliphatic carbocycles. The number of amidine groups is 1. The average Bonchev–Trinajstić information content (AvgIpc) is 2.74. The first-order chi connectivity index (χ1) is 12.9. The van der Waals surface area contributed by atoms with E-state index in [0.717, 1.165) is 12.3 Å². The van der Waals surface area contributed by atoms with Crippen molar-refractivity contribution in [2.75, 3.05) is 0 Å². The van der Waals surface area contributed by atoms with Crippen molar-refractivity contribution in [3.63, 3.8) is 0 Å². The Labute approximate surface area is 152 Å². The fraction of sp³-hybridized carbons (Fsp3) is 0.130. The van der Waals surface area contributed by atoms with Crippen molar-refractivity contribution >= 4 is 33.7 Å². The average molecular weight is 337 g/mol. The summed E-state index contributed by atoms with van der Waals surface area (Å²) in [6.45, 7) is 0. The maximum Gasteiger partial charge on any atom is 0.148 e. The minimum Gasteiger partial charge on any atom is -0.348 e. The van der Waals surface area contributed by atoms with Crippen molar-refractivity contribution in [1.82, 2.24) is 5.32 Å². The zero-order valence-corrected chi connectivity index (χ0v) is 14.3. The Morgan fingerprint density at radius 1 is 0.885 bits per heavy atom. The molecule has 26 heavy (non-hydrogen) atoms. The molecule has 5 rings (SSSR count). The summed E-state index contributed by atoms with van der Waals surface area (Å²) in [5.74, 6) is 1.28. The van der Waals surface area contributed by atoms with Crippen molar-refractivity contribution in [3.8, 4) is 0 Å². The van der Waals surface area contributed by atoms with Gasteiger partial charge in [-0.1, -0.05) is 72.8 Å². The van der Waals surface area contributed by atoms with Crippen LogP contribution in [-0.2, 0) is 0 Å². The van der Waals surface area contributed by atoms with Crippen molar-refractivity contribution < 1.29 is 0 Å². The number of benzene rings is 3. The Hall–Kier alpha value is -3.20. The monoisotopic (exact) mass is 337 g/mol. The molecule has 126 valence electrons. The van der Waals surface area contributed by atoms with Gasteiger partial charge in [-0.25, -0.2) is 9.98 Å². The molecule has 1 heterocycles. The molecular formula is C23H19N3. The molecule has 3 heteroatoms. The maximum atomic E-state index is 4.64. The van der Waals surface area contributed by atoms with E-state index in [2.05, 4.69) is 94.2 Å². The molecule has 0 aromatic heterocycles. The van der Waals surface area contributed by atoms with Crippen LogP contribution in [0, 0.1) is 5.92 Å². The summed E-state index contributed by atoms with van der Waals surface area (Å²) in [6.07, 6.45) is 11.1. The van der Waals surface area contributed by atoms with Gasteiger partial charge in [0.25, 0.3) is 0 Å². The smallest absolute Gasteiger partial charge is 0.148 e. The lowest BCUT2D eigenvalue weighted by Crippen LogP contribution is -2.35. The summed E-state index contributed by atoms with van der Waals surface area (Å²) < 4.78 is 0. The highest BCUT2D eigenvalue weighted by molar-refractivity contribution is 6.09. The van der Waals surface area contributed by atoms with Gasteiger partial charge < -0.3 is 5.32 Å². The van der Waals surface area contributed by atoms with E-state index >= 15 is 0 Å². The van der Waals surface area contributed by atoms with Crippen LogP contribution in [0.3, 0.4) is 0 Å². The first-order valence-corrected chi connectivity index (χ1v) is 9.00. The summed E-state index contributed by atoms with van der Waals surface area (Å²) in [4.78, 5) is 9.14. The van der Waals surface area contributed by atoms with Gasteiger partial charge in [0, 0.05) is 11.5 Å². The van der Waals surface area contributed by atoms with Crippen molar-refractivity contribution in [3.05, 3.63) is 84.5 Å². The lowest BCUT2D eigenvalue weighted by Gasteiger charge is -2.26. The molecule has 0 fully saturated rings. The van der Waals surface area contributed by atoms with Crippen LogP contribution in [0.5, 0.6) is 0 Å². The van der Waals surface area contributed by atoms with E-state index in [4.69, 9.17) is 0 Å². The van der Waals surface area contributed by atoms with Crippen LogP contribution in [0.15, 0.2) is 88.9 Å². The number of nitrogens with one attached hydrogen (secondary N) is 1. The number of allylic oxidation sites excluding steroid dienone is 3. The molecule has 3 nitrogen and oxygen atoms in total. The Kier molecular flexibility index (Phi) is 3.64. The lowest BCUT2D eigenvalue weighted by atomic mass is 9.95. The predicted octanol–water partition coefficient (Wildman–Crippen LogP) is 5.15. The number of hydrogen-bond donors (Lipinski definition) is 1. The van der Waals surface area contributed by atoms with Gasteiger partial charge in [0.15, 0.2) is 0 Å². The SMILES string of the molecule is C1=CCC(C2=NC=NC(c3cc4ccccc4c4ccccc34)N2)C=C1. The van der Waals surface area contributed by atoms with E-state index in [1.807, 2.05) is 0 Å². The largest absolute Gasteiger partial charge is 0.348 e. The molecule has 0 spiro atoms. The van der Waals surface area contributed by atoms with Crippen LogP contribution in [0.1, 0.15) is 18.2 Å². The Balaban J connectivity index is 1.60. The molecule has 1 aliphatic heterocycles. The second-order valence-corrected chi connectivity index (χ2v) is 6.71. The van der Waals surface area contributed by atoms with Crippen LogP contribution < -0.4 is 5.32 Å². The minimum atomic E-state index is -0.115. The topological polar surface area (TPSA) is 36.8 Å². The van der Waals surface area contributed by atoms with E-state index in [-0.39, 0.29) is 6.17 Å². The number of hydrogen-bond acceptors (Lipinski definition) is 3. The normalized spacial score (nSPS) is 21.8. The third kappa shape index (κ3) is 2.53. The molecule has 0 bridgehead atoms. The second kappa shape index (κ2) is 6.26. The number of rotatable bonds is 2. The van der Waals surface area contributed by atoms with Crippen molar-refractivity contribution in [2.45, 2.75) is 12.6 Å². The summed E-state index contributed by atoms with van der Waals surface area (Å²) in [6, 6.07) is 19.4. The molecule has 0 amide bonds. The zero-order valence-electron chi connectivity index (χ0n) is 14.3. The first-order valence-electron chi connectivity index (χ1n) is 9.00. The van der Waals surface area contributed by atoms with Gasteiger partial charge in [0.1, 0.15) is 18.3 Å². The molecule has 2 atom stereocenters. The van der Waals surface area contributed by atoms with Crippen molar-refractivity contribution in [1.29, 1.82) is 0 Å². The molecule has 2 unspecified atom stereocenters. The molecule has 3 aromatic rings. The third-order valence-electron chi connectivity index (χ3n) is 5.12. The Bertz CT molecular complexity index is 1100. The zero-order chi connectivity index (χ0) is 17.3. The highest BCUT2D eigenvalue weighted by atomic mass is 15.2. The third-order valence-corrected chi connectivity index (χ3v) is 5.12. The molecule has 0 saturated heterocycles. The van der Waals surface area contributed by atoms with Crippen LogP contribution >= 0.6 is 0 Å². The molecule has 3 aromatic carbocycles. The quantitative estimate of drug-likeness (QED) is 0.645. The second-order valence-electron chi connectivity index (χ2n) is 6.71. The van der Waals surface area contributed by atoms with Gasteiger partial charge in [-0.2, -0.15) is 0 Å². The molecule has 0 radical (unpaired) electrons. The molecule has 1 N–H and O–H groups in total. The minimum absolute atomic E-state index is 0.115. The highest BCUT2D eigenvalue weighted by Crippen LogP contribution is 2.33. The Morgan fingerprint density at radius 2 is 1.69 bits per heavy atom. The molecule has 0 saturated carbocycles. The molecular weight excluding hydrogens is 318 g/mol. The summed E-state index contributed by atoms with van der Waals surface area (Å²) in [7, 11) is 0. The summed E-state index contributed by atoms with van der Waals surface area (Å²) >= 11 is 0. The van der Waals surface area contributed by atoms with E-state index in [9.17, 15) is 0 Å². The summed E-state index contributed by atoms with van der Waals surface area (Å²) in [5, 5.41) is 8.58. The van der Waals surface area contributed by atoms with E-state index < -0.39 is 0 Å². The maximum absolute atomic E-state index is 4.64. The fourth-order valence-electron chi connectivity index (χ4n) is 3.83. The standard InChI is InChI=1S/C23H19N3/c1-2-8-16(9-3-1)22-24-15-25-23(26-22)21-14-17-10-4-5-11-18(17)19-12-6-7-13-20(19)21/h1-8,10-16,23H,9H2,(H,24,25,26). The fourth-order valence-corrected chi connectivity index (χ4v) is 3.83. The van der Waals surface area contributed by atoms with E-state index in [0.29, 0.717) is 5.92 Å².